The maximum atomic E-state index is 13.2. The summed E-state index contributed by atoms with van der Waals surface area (Å²) in [5.74, 6) is -3.47. The van der Waals surface area contributed by atoms with Crippen LogP contribution >= 0.6 is 0 Å². The van der Waals surface area contributed by atoms with Crippen LogP contribution in [0.1, 0.15) is 60.6 Å². The van der Waals surface area contributed by atoms with Crippen molar-refractivity contribution in [1.82, 2.24) is 20.2 Å². The number of esters is 4. The summed E-state index contributed by atoms with van der Waals surface area (Å²) in [6.45, 7) is 8.94. The molecule has 0 aliphatic carbocycles. The average molecular weight is 642 g/mol. The van der Waals surface area contributed by atoms with Crippen molar-refractivity contribution >= 4 is 29.8 Å². The Morgan fingerprint density at radius 1 is 1.02 bits per heavy atom. The zero-order valence-electron chi connectivity index (χ0n) is 26.2. The van der Waals surface area contributed by atoms with Gasteiger partial charge in [-0.2, -0.15) is 0 Å². The van der Waals surface area contributed by atoms with Crippen LogP contribution in [0.2, 0.25) is 0 Å². The van der Waals surface area contributed by atoms with Crippen LogP contribution in [0, 0.1) is 5.92 Å². The quantitative estimate of drug-likeness (QED) is 0.0926. The lowest BCUT2D eigenvalue weighted by Gasteiger charge is -2.32. The number of hydrogen-bond donors (Lipinski definition) is 4. The molecule has 0 aromatic carbocycles. The predicted octanol–water partition coefficient (Wildman–Crippen LogP) is -1.37. The van der Waals surface area contributed by atoms with Gasteiger partial charge < -0.3 is 40.1 Å². The Labute approximate surface area is 259 Å². The van der Waals surface area contributed by atoms with Gasteiger partial charge >= 0.3 is 29.6 Å². The van der Waals surface area contributed by atoms with Crippen LogP contribution in [0.3, 0.4) is 0 Å². The van der Waals surface area contributed by atoms with Gasteiger partial charge in [-0.25, -0.2) is 4.79 Å². The molecular formula is C28H43N5O12. The minimum atomic E-state index is -1.55. The third-order valence-electron chi connectivity index (χ3n) is 6.53. The van der Waals surface area contributed by atoms with Gasteiger partial charge in [-0.1, -0.05) is 13.8 Å². The number of hydrogen-bond acceptors (Lipinski definition) is 14. The predicted molar refractivity (Wildman–Crippen MR) is 155 cm³/mol. The molecule has 17 heteroatoms. The smallest absolute Gasteiger partial charge is 0.330 e. The first kappa shape index (κ1) is 37.1. The fourth-order valence-electron chi connectivity index (χ4n) is 4.81. The Balaban J connectivity index is 2.44. The minimum absolute atomic E-state index is 0.0437. The number of rotatable bonds is 16. The van der Waals surface area contributed by atoms with Gasteiger partial charge in [-0.3, -0.25) is 38.3 Å². The molecule has 7 atom stereocenters. The number of aromatic nitrogens is 2. The van der Waals surface area contributed by atoms with Gasteiger partial charge in [0, 0.05) is 39.6 Å². The van der Waals surface area contributed by atoms with E-state index in [-0.39, 0.29) is 31.5 Å². The summed E-state index contributed by atoms with van der Waals surface area (Å²) >= 11 is 0. The first-order chi connectivity index (χ1) is 21.2. The molecule has 1 amide bonds. The Kier molecular flexibility index (Phi) is 14.4. The summed E-state index contributed by atoms with van der Waals surface area (Å²) < 4.78 is 28.6. The van der Waals surface area contributed by atoms with Crippen molar-refractivity contribution in [2.24, 2.45) is 11.7 Å². The van der Waals surface area contributed by atoms with Gasteiger partial charge in [0.2, 0.25) is 5.91 Å². The molecule has 0 saturated carbocycles. The van der Waals surface area contributed by atoms with Crippen molar-refractivity contribution < 1.29 is 47.7 Å². The second-order valence-corrected chi connectivity index (χ2v) is 10.8. The number of amides is 1. The highest BCUT2D eigenvalue weighted by Crippen LogP contribution is 2.36. The summed E-state index contributed by atoms with van der Waals surface area (Å²) in [7, 11) is 0. The van der Waals surface area contributed by atoms with Crippen LogP contribution in [-0.2, 0) is 47.7 Å². The molecule has 0 spiro atoms. The molecule has 1 aliphatic rings. The molecule has 1 aromatic rings. The van der Waals surface area contributed by atoms with Gasteiger partial charge in [0.1, 0.15) is 12.1 Å². The highest BCUT2D eigenvalue weighted by molar-refractivity contribution is 5.81. The number of nitrogens with zero attached hydrogens (tertiary/aromatic N) is 1. The molecule has 2 rings (SSSR count). The Morgan fingerprint density at radius 3 is 2.22 bits per heavy atom. The van der Waals surface area contributed by atoms with Crippen molar-refractivity contribution in [2.75, 3.05) is 19.7 Å². The van der Waals surface area contributed by atoms with Gasteiger partial charge in [0.05, 0.1) is 12.6 Å². The largest absolute Gasteiger partial charge is 0.465 e. The van der Waals surface area contributed by atoms with E-state index < -0.39 is 77.9 Å². The molecule has 45 heavy (non-hydrogen) atoms. The molecule has 1 saturated heterocycles. The lowest BCUT2D eigenvalue weighted by molar-refractivity contribution is -0.176. The van der Waals surface area contributed by atoms with Gasteiger partial charge in [0.25, 0.3) is 5.56 Å². The number of ether oxygens (including phenoxy) is 5. The van der Waals surface area contributed by atoms with Crippen molar-refractivity contribution in [3.63, 3.8) is 0 Å². The standard InChI is InChI=1S/C28H43N5O12/c1-7-41-27(39)20(30-10-8-11-31-25(38)18(29)13-14(2)3)21(42-15(4)34)22-23(43-16(5)35)24(44-17(6)36)26(45-22)33-12-9-19(37)32-28(33)40/h9,12,14,18,20-24,26,30H,7-8,10-11,13,29H2,1-6H3,(H,31,38)(H,32,37,40)/t18-,20?,21?,22+,23+,24+,26-/m0/s1. The first-order valence-corrected chi connectivity index (χ1v) is 14.6. The van der Waals surface area contributed by atoms with Crippen LogP contribution in [0.15, 0.2) is 21.9 Å². The van der Waals surface area contributed by atoms with E-state index in [4.69, 9.17) is 29.4 Å². The molecule has 1 aromatic heterocycles. The van der Waals surface area contributed by atoms with E-state index in [1.165, 1.54) is 0 Å². The summed E-state index contributed by atoms with van der Waals surface area (Å²) in [4.78, 5) is 88.5. The SMILES string of the molecule is CCOC(=O)C(NCCCNC(=O)[C@@H](N)CC(C)C)C(OC(C)=O)[C@H]1O[C@H](n2ccc(=O)[nH]c2=O)[C@H](OC(C)=O)[C@@H]1OC(C)=O. The molecule has 0 bridgehead atoms. The van der Waals surface area contributed by atoms with E-state index in [0.29, 0.717) is 12.8 Å². The summed E-state index contributed by atoms with van der Waals surface area (Å²) in [6.07, 6.45) is -5.62. The molecular weight excluding hydrogens is 598 g/mol. The topological polar surface area (TPSA) is 236 Å². The zero-order valence-corrected chi connectivity index (χ0v) is 26.2. The molecule has 252 valence electrons. The van der Waals surface area contributed by atoms with E-state index >= 15 is 0 Å². The van der Waals surface area contributed by atoms with Crippen molar-refractivity contribution in [3.05, 3.63) is 33.1 Å². The Morgan fingerprint density at radius 2 is 1.67 bits per heavy atom. The monoisotopic (exact) mass is 641 g/mol. The third kappa shape index (κ3) is 11.1. The molecule has 1 aliphatic heterocycles. The lowest BCUT2D eigenvalue weighted by Crippen LogP contribution is -2.57. The summed E-state index contributed by atoms with van der Waals surface area (Å²) in [5, 5.41) is 5.67. The van der Waals surface area contributed by atoms with Crippen LogP contribution in [0.5, 0.6) is 0 Å². The highest BCUT2D eigenvalue weighted by Gasteiger charge is 2.56. The van der Waals surface area contributed by atoms with E-state index in [0.717, 1.165) is 37.6 Å². The van der Waals surface area contributed by atoms with Crippen molar-refractivity contribution in [1.29, 1.82) is 0 Å². The van der Waals surface area contributed by atoms with E-state index in [2.05, 4.69) is 15.6 Å². The number of carbonyl (C=O) groups excluding carboxylic acids is 5. The second-order valence-electron chi connectivity index (χ2n) is 10.8. The maximum Gasteiger partial charge on any atom is 0.330 e. The number of H-pyrrole nitrogens is 1. The summed E-state index contributed by atoms with van der Waals surface area (Å²) in [6, 6.07) is -1.07. The minimum Gasteiger partial charge on any atom is -0.465 e. The van der Waals surface area contributed by atoms with Gasteiger partial charge in [-0.15, -0.1) is 0 Å². The van der Waals surface area contributed by atoms with E-state index in [1.807, 2.05) is 13.8 Å². The highest BCUT2D eigenvalue weighted by atomic mass is 16.7. The second kappa shape index (κ2) is 17.4. The van der Waals surface area contributed by atoms with Gasteiger partial charge in [-0.05, 0) is 32.2 Å². The zero-order chi connectivity index (χ0) is 33.8. The average Bonchev–Trinajstić information content (AvgIpc) is 3.25. The van der Waals surface area contributed by atoms with Crippen molar-refractivity contribution in [3.8, 4) is 0 Å². The fourth-order valence-corrected chi connectivity index (χ4v) is 4.81. The fraction of sp³-hybridized carbons (Fsp3) is 0.679. The van der Waals surface area contributed by atoms with Crippen molar-refractivity contribution in [2.45, 2.75) is 97.1 Å². The molecule has 2 unspecified atom stereocenters. The Hall–Kier alpha value is -4.09. The first-order valence-electron chi connectivity index (χ1n) is 14.6. The van der Waals surface area contributed by atoms with Crippen LogP contribution < -0.4 is 27.6 Å². The molecule has 5 N–H and O–H groups in total. The number of carbonyl (C=O) groups is 5. The number of nitrogens with one attached hydrogen (secondary N) is 3. The molecule has 0 radical (unpaired) electrons. The van der Waals surface area contributed by atoms with E-state index in [9.17, 15) is 33.6 Å². The lowest BCUT2D eigenvalue weighted by atomic mass is 9.98. The Bertz CT molecular complexity index is 1310. The number of nitrogens with two attached hydrogens (primary N) is 1. The molecule has 17 nitrogen and oxygen atoms in total. The van der Waals surface area contributed by atoms with Crippen LogP contribution in [0.25, 0.3) is 0 Å². The van der Waals surface area contributed by atoms with E-state index in [1.54, 1.807) is 6.92 Å². The van der Waals surface area contributed by atoms with Gasteiger partial charge in [0.15, 0.2) is 24.5 Å². The molecule has 1 fully saturated rings. The third-order valence-corrected chi connectivity index (χ3v) is 6.53. The van der Waals surface area contributed by atoms with Crippen LogP contribution in [-0.4, -0.2) is 95.5 Å². The summed E-state index contributed by atoms with van der Waals surface area (Å²) in [5.41, 5.74) is 4.26. The van der Waals surface area contributed by atoms with Crippen LogP contribution in [0.4, 0.5) is 0 Å². The number of aromatic amines is 1. The molecule has 2 heterocycles. The normalized spacial score (nSPS) is 21.3. The maximum absolute atomic E-state index is 13.2.